The van der Waals surface area contributed by atoms with Crippen LogP contribution in [0.2, 0.25) is 0 Å². The quantitative estimate of drug-likeness (QED) is 0.614. The topological polar surface area (TPSA) is 94.0 Å². The number of imidazole rings is 1. The summed E-state index contributed by atoms with van der Waals surface area (Å²) in [5, 5.41) is 19.8. The van der Waals surface area contributed by atoms with Gasteiger partial charge in [-0.2, -0.15) is 5.26 Å². The minimum absolute atomic E-state index is 0.0985. The van der Waals surface area contributed by atoms with Crippen molar-refractivity contribution in [3.8, 4) is 11.8 Å². The average molecular weight is 258 g/mol. The van der Waals surface area contributed by atoms with Crippen molar-refractivity contribution in [2.45, 2.75) is 6.54 Å². The van der Waals surface area contributed by atoms with Crippen LogP contribution in [0.25, 0.3) is 0 Å². The molecule has 0 aliphatic carbocycles. The van der Waals surface area contributed by atoms with E-state index in [1.807, 2.05) is 6.07 Å². The molecule has 0 N–H and O–H groups in total. The van der Waals surface area contributed by atoms with Gasteiger partial charge in [-0.05, 0) is 11.6 Å². The second kappa shape index (κ2) is 5.18. The molecule has 0 saturated carbocycles. The predicted molar refractivity (Wildman–Crippen MR) is 65.7 cm³/mol. The zero-order valence-corrected chi connectivity index (χ0v) is 10.1. The lowest BCUT2D eigenvalue weighted by molar-refractivity contribution is -0.385. The fourth-order valence-electron chi connectivity index (χ4n) is 1.72. The molecule has 19 heavy (non-hydrogen) atoms. The second-order valence-corrected chi connectivity index (χ2v) is 3.75. The van der Waals surface area contributed by atoms with Crippen LogP contribution in [0.3, 0.4) is 0 Å². The molecule has 0 unspecified atom stereocenters. The van der Waals surface area contributed by atoms with Crippen molar-refractivity contribution in [2.24, 2.45) is 0 Å². The Morgan fingerprint density at radius 3 is 3.00 bits per heavy atom. The van der Waals surface area contributed by atoms with Gasteiger partial charge in [0.2, 0.25) is 5.82 Å². The third kappa shape index (κ3) is 2.52. The van der Waals surface area contributed by atoms with Crippen LogP contribution in [0.4, 0.5) is 5.69 Å². The van der Waals surface area contributed by atoms with Gasteiger partial charge in [-0.25, -0.2) is 4.98 Å². The summed E-state index contributed by atoms with van der Waals surface area (Å²) in [5.41, 5.74) is 0.598. The number of nitro groups is 1. The van der Waals surface area contributed by atoms with Crippen molar-refractivity contribution >= 4 is 5.69 Å². The van der Waals surface area contributed by atoms with E-state index in [0.29, 0.717) is 12.1 Å². The largest absolute Gasteiger partial charge is 0.490 e. The minimum Gasteiger partial charge on any atom is -0.490 e. The Hall–Kier alpha value is -2.88. The third-order valence-corrected chi connectivity index (χ3v) is 2.61. The predicted octanol–water partition coefficient (Wildman–Crippen LogP) is 1.72. The van der Waals surface area contributed by atoms with Crippen LogP contribution in [-0.4, -0.2) is 21.6 Å². The SMILES string of the molecule is COc1ccc(Cn2ccnc2C#N)cc1[N+](=O)[O-]. The molecule has 1 aromatic heterocycles. The van der Waals surface area contributed by atoms with E-state index in [0.717, 1.165) is 0 Å². The maximum Gasteiger partial charge on any atom is 0.311 e. The van der Waals surface area contributed by atoms with Crippen LogP contribution < -0.4 is 4.74 Å². The lowest BCUT2D eigenvalue weighted by Crippen LogP contribution is -2.03. The lowest BCUT2D eigenvalue weighted by Gasteiger charge is -2.06. The highest BCUT2D eigenvalue weighted by Crippen LogP contribution is 2.27. The molecule has 1 heterocycles. The summed E-state index contributed by atoms with van der Waals surface area (Å²) in [5.74, 6) is 0.471. The molecular formula is C12H10N4O3. The Morgan fingerprint density at radius 1 is 1.58 bits per heavy atom. The van der Waals surface area contributed by atoms with Crippen LogP contribution in [0.5, 0.6) is 5.75 Å². The molecule has 0 spiro atoms. The summed E-state index contributed by atoms with van der Waals surface area (Å²) in [6.07, 6.45) is 3.16. The molecule has 0 amide bonds. The van der Waals surface area contributed by atoms with Crippen LogP contribution in [0, 0.1) is 21.4 Å². The fraction of sp³-hybridized carbons (Fsp3) is 0.167. The van der Waals surface area contributed by atoms with Crippen LogP contribution in [-0.2, 0) is 6.54 Å². The van der Waals surface area contributed by atoms with Gasteiger partial charge in [0.05, 0.1) is 12.0 Å². The molecular weight excluding hydrogens is 248 g/mol. The number of benzene rings is 1. The van der Waals surface area contributed by atoms with Crippen LogP contribution in [0.1, 0.15) is 11.4 Å². The van der Waals surface area contributed by atoms with Gasteiger partial charge in [0.1, 0.15) is 6.07 Å². The number of nitriles is 1. The Balaban J connectivity index is 2.34. The maximum atomic E-state index is 10.9. The molecule has 0 aliphatic rings. The summed E-state index contributed by atoms with van der Waals surface area (Å²) in [7, 11) is 1.38. The molecule has 0 atom stereocenters. The molecule has 96 valence electrons. The molecule has 0 aliphatic heterocycles. The van der Waals surface area contributed by atoms with Crippen LogP contribution in [0.15, 0.2) is 30.6 Å². The number of methoxy groups -OCH3 is 1. The molecule has 2 aromatic rings. The average Bonchev–Trinajstić information content (AvgIpc) is 2.85. The first-order chi connectivity index (χ1) is 9.15. The molecule has 1 aromatic carbocycles. The smallest absolute Gasteiger partial charge is 0.311 e. The Kier molecular flexibility index (Phi) is 3.43. The van der Waals surface area contributed by atoms with Gasteiger partial charge >= 0.3 is 5.69 Å². The number of nitro benzene ring substituents is 1. The van der Waals surface area contributed by atoms with E-state index in [1.165, 1.54) is 25.4 Å². The first-order valence-electron chi connectivity index (χ1n) is 5.38. The zero-order chi connectivity index (χ0) is 13.8. The zero-order valence-electron chi connectivity index (χ0n) is 10.1. The maximum absolute atomic E-state index is 10.9. The van der Waals surface area contributed by atoms with Crippen molar-refractivity contribution in [2.75, 3.05) is 7.11 Å². The highest BCUT2D eigenvalue weighted by atomic mass is 16.6. The number of aromatic nitrogens is 2. The normalized spacial score (nSPS) is 9.89. The first kappa shape index (κ1) is 12.6. The highest BCUT2D eigenvalue weighted by Gasteiger charge is 2.15. The van der Waals surface area contributed by atoms with Crippen molar-refractivity contribution in [1.29, 1.82) is 5.26 Å². The third-order valence-electron chi connectivity index (χ3n) is 2.61. The van der Waals surface area contributed by atoms with Crippen molar-refractivity contribution in [3.63, 3.8) is 0 Å². The van der Waals surface area contributed by atoms with Crippen molar-refractivity contribution in [1.82, 2.24) is 9.55 Å². The second-order valence-electron chi connectivity index (χ2n) is 3.75. The minimum atomic E-state index is -0.499. The molecule has 0 fully saturated rings. The first-order valence-corrected chi connectivity index (χ1v) is 5.38. The van der Waals surface area contributed by atoms with E-state index in [-0.39, 0.29) is 17.3 Å². The fourth-order valence-corrected chi connectivity index (χ4v) is 1.72. The summed E-state index contributed by atoms with van der Waals surface area (Å²) in [4.78, 5) is 14.3. The molecule has 2 rings (SSSR count). The van der Waals surface area contributed by atoms with Crippen molar-refractivity contribution in [3.05, 3.63) is 52.1 Å². The van der Waals surface area contributed by atoms with E-state index in [1.54, 1.807) is 16.8 Å². The number of nitrogens with zero attached hydrogens (tertiary/aromatic N) is 4. The van der Waals surface area contributed by atoms with Gasteiger partial charge in [0.15, 0.2) is 5.75 Å². The van der Waals surface area contributed by atoms with Gasteiger partial charge < -0.3 is 9.30 Å². The van der Waals surface area contributed by atoms with Gasteiger partial charge in [-0.15, -0.1) is 0 Å². The lowest BCUT2D eigenvalue weighted by atomic mass is 10.2. The Labute approximate surface area is 108 Å². The van der Waals surface area contributed by atoms with Crippen molar-refractivity contribution < 1.29 is 9.66 Å². The van der Waals surface area contributed by atoms with E-state index in [4.69, 9.17) is 10.00 Å². The van der Waals surface area contributed by atoms with Gasteiger partial charge in [-0.1, -0.05) is 6.07 Å². The number of hydrogen-bond acceptors (Lipinski definition) is 5. The summed E-state index contributed by atoms with van der Waals surface area (Å²) >= 11 is 0. The number of ether oxygens (including phenoxy) is 1. The highest BCUT2D eigenvalue weighted by molar-refractivity contribution is 5.48. The van der Waals surface area contributed by atoms with Gasteiger partial charge in [0, 0.05) is 25.0 Å². The number of hydrogen-bond donors (Lipinski definition) is 0. The molecule has 0 radical (unpaired) electrons. The Bertz CT molecular complexity index is 657. The number of rotatable bonds is 4. The summed E-state index contributed by atoms with van der Waals surface area (Å²) in [6, 6.07) is 6.63. The molecule has 0 bridgehead atoms. The van der Waals surface area contributed by atoms with E-state index in [9.17, 15) is 10.1 Å². The molecule has 7 heteroatoms. The Morgan fingerprint density at radius 2 is 2.37 bits per heavy atom. The van der Waals surface area contributed by atoms with E-state index < -0.39 is 4.92 Å². The summed E-state index contributed by atoms with van der Waals surface area (Å²) < 4.78 is 6.55. The van der Waals surface area contributed by atoms with E-state index >= 15 is 0 Å². The summed E-state index contributed by atoms with van der Waals surface area (Å²) in [6.45, 7) is 0.341. The van der Waals surface area contributed by atoms with Gasteiger partial charge in [-0.3, -0.25) is 10.1 Å². The molecule has 7 nitrogen and oxygen atoms in total. The molecule has 0 saturated heterocycles. The monoisotopic (exact) mass is 258 g/mol. The van der Waals surface area contributed by atoms with Gasteiger partial charge in [0.25, 0.3) is 0 Å². The standard InChI is InChI=1S/C12H10N4O3/c1-19-11-3-2-9(6-10(11)16(17)18)8-15-5-4-14-12(15)7-13/h2-6H,8H2,1H3. The van der Waals surface area contributed by atoms with E-state index in [2.05, 4.69) is 4.98 Å². The van der Waals surface area contributed by atoms with Crippen LogP contribution >= 0.6 is 0 Å².